The third-order valence-corrected chi connectivity index (χ3v) is 5.90. The van der Waals surface area contributed by atoms with Gasteiger partial charge in [-0.3, -0.25) is 4.79 Å². The molecule has 1 aliphatic rings. The van der Waals surface area contributed by atoms with E-state index in [0.717, 1.165) is 34.0 Å². The van der Waals surface area contributed by atoms with Gasteiger partial charge in [0.25, 0.3) is 0 Å². The van der Waals surface area contributed by atoms with Gasteiger partial charge in [-0.2, -0.15) is 0 Å². The van der Waals surface area contributed by atoms with Crippen LogP contribution in [0.1, 0.15) is 32.6 Å². The molecule has 1 saturated heterocycles. The summed E-state index contributed by atoms with van der Waals surface area (Å²) in [5.74, 6) is 1.25. The van der Waals surface area contributed by atoms with E-state index in [9.17, 15) is 4.79 Å². The molecule has 0 unspecified atom stereocenters. The fourth-order valence-corrected chi connectivity index (χ4v) is 4.26. The molecule has 1 N–H and O–H groups in total. The maximum absolute atomic E-state index is 12.2. The van der Waals surface area contributed by atoms with E-state index in [4.69, 9.17) is 0 Å². The van der Waals surface area contributed by atoms with Crippen molar-refractivity contribution in [3.05, 3.63) is 41.1 Å². The van der Waals surface area contributed by atoms with Crippen LogP contribution in [0.4, 0.5) is 11.5 Å². The lowest BCUT2D eigenvalue weighted by Crippen LogP contribution is -2.39. The molecule has 0 saturated carbocycles. The molecule has 3 rings (SSSR count). The number of aromatic nitrogens is 2. The minimum Gasteiger partial charge on any atom is -0.354 e. The summed E-state index contributed by atoms with van der Waals surface area (Å²) in [6.07, 6.45) is 6.44. The van der Waals surface area contributed by atoms with Gasteiger partial charge in [-0.1, -0.05) is 40.7 Å². The van der Waals surface area contributed by atoms with Gasteiger partial charge in [0, 0.05) is 28.8 Å². The Morgan fingerprint density at radius 3 is 3.04 bits per heavy atom. The molecule has 1 fully saturated rings. The van der Waals surface area contributed by atoms with E-state index in [-0.39, 0.29) is 5.91 Å². The number of carbonyl (C=O) groups is 1. The molecule has 1 aromatic carbocycles. The standard InChI is InChI=1S/C19H23BrN4OS/c1-2-16-8-3-4-9-24(16)17-11-19(22-13-21-17)26-12-18(25)23-15-7-5-6-14(20)10-15/h5-7,10-11,13,16H,2-4,8-9,12H2,1H3,(H,23,25)/t16-/m1/s1. The lowest BCUT2D eigenvalue weighted by molar-refractivity contribution is -0.113. The highest BCUT2D eigenvalue weighted by atomic mass is 79.9. The second-order valence-corrected chi connectivity index (χ2v) is 8.22. The Bertz CT molecular complexity index is 758. The van der Waals surface area contributed by atoms with E-state index < -0.39 is 0 Å². The first-order chi connectivity index (χ1) is 12.7. The van der Waals surface area contributed by atoms with Gasteiger partial charge in [-0.15, -0.1) is 0 Å². The highest BCUT2D eigenvalue weighted by Gasteiger charge is 2.22. The zero-order valence-corrected chi connectivity index (χ0v) is 17.2. The second-order valence-electron chi connectivity index (χ2n) is 6.31. The van der Waals surface area contributed by atoms with Gasteiger partial charge in [0.05, 0.1) is 5.75 Å². The zero-order valence-electron chi connectivity index (χ0n) is 14.8. The summed E-state index contributed by atoms with van der Waals surface area (Å²) in [5.41, 5.74) is 0.785. The molecule has 0 radical (unpaired) electrons. The number of thioether (sulfide) groups is 1. The van der Waals surface area contributed by atoms with Crippen molar-refractivity contribution >= 4 is 45.1 Å². The van der Waals surface area contributed by atoms with E-state index in [0.29, 0.717) is 11.8 Å². The summed E-state index contributed by atoms with van der Waals surface area (Å²) in [4.78, 5) is 23.3. The minimum atomic E-state index is -0.0438. The normalized spacial score (nSPS) is 17.2. The Morgan fingerprint density at radius 2 is 2.23 bits per heavy atom. The summed E-state index contributed by atoms with van der Waals surface area (Å²) in [6, 6.07) is 10.1. The van der Waals surface area contributed by atoms with Crippen LogP contribution in [-0.4, -0.2) is 34.2 Å². The van der Waals surface area contributed by atoms with Gasteiger partial charge in [0.2, 0.25) is 5.91 Å². The van der Waals surface area contributed by atoms with E-state index in [1.807, 2.05) is 30.3 Å². The third kappa shape index (κ3) is 5.20. The molecule has 0 aliphatic carbocycles. The number of hydrogen-bond acceptors (Lipinski definition) is 5. The Labute approximate surface area is 167 Å². The number of anilines is 2. The number of hydrogen-bond donors (Lipinski definition) is 1. The number of nitrogens with one attached hydrogen (secondary N) is 1. The van der Waals surface area contributed by atoms with Crippen molar-refractivity contribution in [3.63, 3.8) is 0 Å². The van der Waals surface area contributed by atoms with Crippen molar-refractivity contribution in [2.45, 2.75) is 43.7 Å². The van der Waals surface area contributed by atoms with E-state index >= 15 is 0 Å². The van der Waals surface area contributed by atoms with Gasteiger partial charge < -0.3 is 10.2 Å². The second kappa shape index (κ2) is 9.37. The van der Waals surface area contributed by atoms with E-state index in [2.05, 4.69) is 43.0 Å². The zero-order chi connectivity index (χ0) is 18.4. The van der Waals surface area contributed by atoms with E-state index in [1.54, 1.807) is 6.33 Å². The summed E-state index contributed by atoms with van der Waals surface area (Å²) in [6.45, 7) is 3.27. The number of nitrogens with zero attached hydrogens (tertiary/aromatic N) is 3. The van der Waals surface area contributed by atoms with Crippen LogP contribution in [-0.2, 0) is 4.79 Å². The molecule has 1 aromatic heterocycles. The molecule has 1 atom stereocenters. The maximum atomic E-state index is 12.2. The van der Waals surface area contributed by atoms with Crippen molar-refractivity contribution in [1.29, 1.82) is 0 Å². The van der Waals surface area contributed by atoms with Crippen molar-refractivity contribution < 1.29 is 4.79 Å². The lowest BCUT2D eigenvalue weighted by atomic mass is 10.0. The lowest BCUT2D eigenvalue weighted by Gasteiger charge is -2.36. The predicted molar refractivity (Wildman–Crippen MR) is 111 cm³/mol. The summed E-state index contributed by atoms with van der Waals surface area (Å²) in [5, 5.41) is 3.74. The van der Waals surface area contributed by atoms with Crippen LogP contribution in [0.25, 0.3) is 0 Å². The van der Waals surface area contributed by atoms with Crippen LogP contribution < -0.4 is 10.2 Å². The van der Waals surface area contributed by atoms with Crippen molar-refractivity contribution in [2.24, 2.45) is 0 Å². The van der Waals surface area contributed by atoms with Crippen LogP contribution >= 0.6 is 27.7 Å². The van der Waals surface area contributed by atoms with Crippen LogP contribution in [0.15, 0.2) is 46.2 Å². The quantitative estimate of drug-likeness (QED) is 0.525. The highest BCUT2D eigenvalue weighted by molar-refractivity contribution is 9.10. The molecule has 2 heterocycles. The topological polar surface area (TPSA) is 58.1 Å². The molecule has 0 bridgehead atoms. The van der Waals surface area contributed by atoms with Crippen LogP contribution in [0, 0.1) is 0 Å². The van der Waals surface area contributed by atoms with E-state index in [1.165, 1.54) is 31.0 Å². The van der Waals surface area contributed by atoms with Gasteiger partial charge in [-0.05, 0) is 43.9 Å². The number of halogens is 1. The molecule has 138 valence electrons. The van der Waals surface area contributed by atoms with Gasteiger partial charge in [-0.25, -0.2) is 9.97 Å². The molecule has 2 aromatic rings. The molecule has 1 amide bonds. The van der Waals surface area contributed by atoms with Gasteiger partial charge >= 0.3 is 0 Å². The fourth-order valence-electron chi connectivity index (χ4n) is 3.20. The monoisotopic (exact) mass is 434 g/mol. The Kier molecular flexibility index (Phi) is 6.91. The molecule has 7 heteroatoms. The first kappa shape index (κ1) is 19.2. The van der Waals surface area contributed by atoms with Gasteiger partial charge in [0.15, 0.2) is 0 Å². The predicted octanol–water partition coefficient (Wildman–Crippen LogP) is 4.74. The van der Waals surface area contributed by atoms with Crippen LogP contribution in [0.5, 0.6) is 0 Å². The molecule has 1 aliphatic heterocycles. The number of amides is 1. The van der Waals surface area contributed by atoms with Gasteiger partial charge in [0.1, 0.15) is 17.2 Å². The molecule has 0 spiro atoms. The van der Waals surface area contributed by atoms with Crippen LogP contribution in [0.3, 0.4) is 0 Å². The average molecular weight is 435 g/mol. The minimum absolute atomic E-state index is 0.0438. The van der Waals surface area contributed by atoms with Crippen molar-refractivity contribution in [3.8, 4) is 0 Å². The smallest absolute Gasteiger partial charge is 0.234 e. The summed E-state index contributed by atoms with van der Waals surface area (Å²) >= 11 is 4.84. The number of piperidine rings is 1. The Hall–Kier alpha value is -1.60. The van der Waals surface area contributed by atoms with Crippen LogP contribution in [0.2, 0.25) is 0 Å². The highest BCUT2D eigenvalue weighted by Crippen LogP contribution is 2.27. The summed E-state index contributed by atoms with van der Waals surface area (Å²) in [7, 11) is 0. The van der Waals surface area contributed by atoms with Crippen molar-refractivity contribution in [1.82, 2.24) is 9.97 Å². The number of rotatable bonds is 6. The largest absolute Gasteiger partial charge is 0.354 e. The maximum Gasteiger partial charge on any atom is 0.234 e. The summed E-state index contributed by atoms with van der Waals surface area (Å²) < 4.78 is 0.940. The van der Waals surface area contributed by atoms with Crippen molar-refractivity contribution in [2.75, 3.05) is 22.5 Å². The first-order valence-corrected chi connectivity index (χ1v) is 10.7. The Morgan fingerprint density at radius 1 is 1.35 bits per heavy atom. The average Bonchev–Trinajstić information content (AvgIpc) is 2.66. The molecular weight excluding hydrogens is 412 g/mol. The molecule has 26 heavy (non-hydrogen) atoms. The molecule has 5 nitrogen and oxygen atoms in total. The SMILES string of the molecule is CC[C@@H]1CCCCN1c1cc(SCC(=O)Nc2cccc(Br)c2)ncn1. The molecular formula is C19H23BrN4OS. The first-order valence-electron chi connectivity index (χ1n) is 8.92. The number of benzene rings is 1. The fraction of sp³-hybridized carbons (Fsp3) is 0.421. The Balaban J connectivity index is 1.59. The number of carbonyl (C=O) groups excluding carboxylic acids is 1. The third-order valence-electron chi connectivity index (χ3n) is 4.48.